The molecule has 0 bridgehead atoms. The third-order valence-electron chi connectivity index (χ3n) is 3.13. The van der Waals surface area contributed by atoms with Gasteiger partial charge in [-0.05, 0) is 24.6 Å². The predicted octanol–water partition coefficient (Wildman–Crippen LogP) is 2.75. The van der Waals surface area contributed by atoms with Gasteiger partial charge in [-0.3, -0.25) is 4.68 Å². The Morgan fingerprint density at radius 1 is 1.40 bits per heavy atom. The number of carboxylic acid groups (broad SMARTS) is 1. The summed E-state index contributed by atoms with van der Waals surface area (Å²) in [6.45, 7) is 2.09. The van der Waals surface area contributed by atoms with Crippen molar-refractivity contribution in [2.24, 2.45) is 7.05 Å². The fourth-order valence-corrected chi connectivity index (χ4v) is 2.23. The van der Waals surface area contributed by atoms with Crippen LogP contribution >= 0.6 is 0 Å². The predicted molar refractivity (Wildman–Crippen MR) is 76.2 cm³/mol. The molecule has 1 aromatic carbocycles. The Morgan fingerprint density at radius 2 is 2.15 bits per heavy atom. The average molecular weight is 274 g/mol. The molecule has 0 aliphatic rings. The van der Waals surface area contributed by atoms with Crippen LogP contribution in [-0.2, 0) is 13.5 Å². The Balaban J connectivity index is 2.60. The van der Waals surface area contributed by atoms with Gasteiger partial charge in [0.05, 0.1) is 18.4 Å². The highest BCUT2D eigenvalue weighted by Gasteiger charge is 2.16. The number of methoxy groups -OCH3 is 1. The lowest BCUT2D eigenvalue weighted by molar-refractivity contribution is 0.0697. The van der Waals surface area contributed by atoms with Crippen molar-refractivity contribution in [1.82, 2.24) is 9.78 Å². The molecular weight excluding hydrogens is 256 g/mol. The number of rotatable bonds is 5. The van der Waals surface area contributed by atoms with Crippen LogP contribution in [0.2, 0.25) is 0 Å². The van der Waals surface area contributed by atoms with Crippen molar-refractivity contribution >= 4 is 5.97 Å². The molecular formula is C15H18N2O3. The maximum Gasteiger partial charge on any atom is 0.335 e. The van der Waals surface area contributed by atoms with Gasteiger partial charge in [-0.2, -0.15) is 5.10 Å². The van der Waals surface area contributed by atoms with Gasteiger partial charge < -0.3 is 9.84 Å². The van der Waals surface area contributed by atoms with E-state index in [0.717, 1.165) is 29.7 Å². The first kappa shape index (κ1) is 14.1. The molecule has 0 aliphatic heterocycles. The van der Waals surface area contributed by atoms with Gasteiger partial charge in [-0.25, -0.2) is 4.79 Å². The number of benzene rings is 1. The fraction of sp³-hybridized carbons (Fsp3) is 0.333. The number of aromatic carboxylic acids is 1. The molecule has 0 saturated heterocycles. The van der Waals surface area contributed by atoms with E-state index in [1.54, 1.807) is 30.0 Å². The van der Waals surface area contributed by atoms with Gasteiger partial charge in [0.25, 0.3) is 0 Å². The van der Waals surface area contributed by atoms with Gasteiger partial charge >= 0.3 is 5.97 Å². The summed E-state index contributed by atoms with van der Waals surface area (Å²) in [7, 11) is 3.44. The minimum absolute atomic E-state index is 0.243. The summed E-state index contributed by atoms with van der Waals surface area (Å²) in [5.74, 6) is -0.296. The molecule has 1 heterocycles. The molecule has 5 heteroatoms. The third-order valence-corrected chi connectivity index (χ3v) is 3.13. The van der Waals surface area contributed by atoms with E-state index in [2.05, 4.69) is 12.0 Å². The number of nitrogens with zero attached hydrogens (tertiary/aromatic N) is 2. The lowest BCUT2D eigenvalue weighted by atomic mass is 10.0. The van der Waals surface area contributed by atoms with Gasteiger partial charge in [0.2, 0.25) is 0 Å². The van der Waals surface area contributed by atoms with Crippen molar-refractivity contribution < 1.29 is 14.6 Å². The Morgan fingerprint density at radius 3 is 2.75 bits per heavy atom. The SMILES string of the molecule is CCCc1nn(C)cc1-c1cc(C(=O)O)ccc1OC. The Hall–Kier alpha value is -2.30. The topological polar surface area (TPSA) is 64.4 Å². The standard InChI is InChI=1S/C15H18N2O3/c1-4-5-13-12(9-17(2)16-13)11-8-10(15(18)19)6-7-14(11)20-3/h6-9H,4-5H2,1-3H3,(H,18,19). The van der Waals surface area contributed by atoms with Crippen LogP contribution in [0.3, 0.4) is 0 Å². The number of ether oxygens (including phenoxy) is 1. The molecule has 5 nitrogen and oxygen atoms in total. The van der Waals surface area contributed by atoms with Crippen LogP contribution in [0.15, 0.2) is 24.4 Å². The van der Waals surface area contributed by atoms with Gasteiger partial charge in [-0.15, -0.1) is 0 Å². The summed E-state index contributed by atoms with van der Waals surface area (Å²) >= 11 is 0. The van der Waals surface area contributed by atoms with Crippen molar-refractivity contribution in [2.75, 3.05) is 7.11 Å². The summed E-state index contributed by atoms with van der Waals surface area (Å²) in [5, 5.41) is 13.6. The number of hydrogen-bond donors (Lipinski definition) is 1. The van der Waals surface area contributed by atoms with E-state index in [4.69, 9.17) is 9.84 Å². The second-order valence-corrected chi connectivity index (χ2v) is 4.63. The molecule has 2 rings (SSSR count). The maximum atomic E-state index is 11.1. The molecule has 0 amide bonds. The third kappa shape index (κ3) is 2.66. The van der Waals surface area contributed by atoms with Crippen molar-refractivity contribution in [3.63, 3.8) is 0 Å². The Labute approximate surface area is 117 Å². The summed E-state index contributed by atoms with van der Waals surface area (Å²) in [4.78, 5) is 11.1. The number of aryl methyl sites for hydroxylation is 2. The number of carboxylic acids is 1. The lowest BCUT2D eigenvalue weighted by Gasteiger charge is -2.09. The first-order valence-electron chi connectivity index (χ1n) is 6.51. The van der Waals surface area contributed by atoms with Crippen molar-refractivity contribution in [3.05, 3.63) is 35.7 Å². The normalized spacial score (nSPS) is 10.6. The van der Waals surface area contributed by atoms with E-state index in [1.807, 2.05) is 13.2 Å². The quantitative estimate of drug-likeness (QED) is 0.910. The van der Waals surface area contributed by atoms with Gasteiger partial charge in [0.15, 0.2) is 0 Å². The molecule has 1 N–H and O–H groups in total. The summed E-state index contributed by atoms with van der Waals surface area (Å²) in [6.07, 6.45) is 3.72. The molecule has 106 valence electrons. The highest BCUT2D eigenvalue weighted by molar-refractivity contribution is 5.90. The first-order valence-corrected chi connectivity index (χ1v) is 6.51. The molecule has 2 aromatic rings. The van der Waals surface area contributed by atoms with Crippen LogP contribution < -0.4 is 4.74 Å². The zero-order chi connectivity index (χ0) is 14.7. The molecule has 20 heavy (non-hydrogen) atoms. The van der Waals surface area contributed by atoms with Gasteiger partial charge in [0.1, 0.15) is 5.75 Å². The van der Waals surface area contributed by atoms with E-state index in [9.17, 15) is 4.79 Å². The van der Waals surface area contributed by atoms with Crippen molar-refractivity contribution in [2.45, 2.75) is 19.8 Å². The van der Waals surface area contributed by atoms with Crippen molar-refractivity contribution in [3.8, 4) is 16.9 Å². The van der Waals surface area contributed by atoms with E-state index in [1.165, 1.54) is 0 Å². The Bertz CT molecular complexity index is 632. The summed E-state index contributed by atoms with van der Waals surface area (Å²) in [6, 6.07) is 4.86. The Kier molecular flexibility index (Phi) is 4.08. The van der Waals surface area contributed by atoms with E-state index in [0.29, 0.717) is 5.75 Å². The largest absolute Gasteiger partial charge is 0.496 e. The molecule has 0 radical (unpaired) electrons. The fourth-order valence-electron chi connectivity index (χ4n) is 2.23. The van der Waals surface area contributed by atoms with Gasteiger partial charge in [0, 0.05) is 24.4 Å². The number of carbonyl (C=O) groups is 1. The molecule has 0 aliphatic carbocycles. The second-order valence-electron chi connectivity index (χ2n) is 4.63. The molecule has 0 atom stereocenters. The first-order chi connectivity index (χ1) is 9.56. The second kappa shape index (κ2) is 5.77. The zero-order valence-corrected chi connectivity index (χ0v) is 11.9. The van der Waals surface area contributed by atoms with Crippen LogP contribution in [0.1, 0.15) is 29.4 Å². The smallest absolute Gasteiger partial charge is 0.335 e. The zero-order valence-electron chi connectivity index (χ0n) is 11.9. The summed E-state index contributed by atoms with van der Waals surface area (Å²) in [5.41, 5.74) is 2.89. The number of aromatic nitrogens is 2. The van der Waals surface area contributed by atoms with Gasteiger partial charge in [-0.1, -0.05) is 13.3 Å². The lowest BCUT2D eigenvalue weighted by Crippen LogP contribution is -1.98. The minimum Gasteiger partial charge on any atom is -0.496 e. The monoisotopic (exact) mass is 274 g/mol. The van der Waals surface area contributed by atoms with E-state index >= 15 is 0 Å². The van der Waals surface area contributed by atoms with Crippen LogP contribution in [0, 0.1) is 0 Å². The summed E-state index contributed by atoms with van der Waals surface area (Å²) < 4.78 is 7.09. The minimum atomic E-state index is -0.949. The molecule has 0 unspecified atom stereocenters. The molecule has 0 spiro atoms. The van der Waals surface area contributed by atoms with Crippen LogP contribution in [0.4, 0.5) is 0 Å². The van der Waals surface area contributed by atoms with E-state index < -0.39 is 5.97 Å². The van der Waals surface area contributed by atoms with Crippen molar-refractivity contribution in [1.29, 1.82) is 0 Å². The maximum absolute atomic E-state index is 11.1. The average Bonchev–Trinajstić information content (AvgIpc) is 2.79. The van der Waals surface area contributed by atoms with Crippen LogP contribution in [-0.4, -0.2) is 28.0 Å². The van der Waals surface area contributed by atoms with E-state index in [-0.39, 0.29) is 5.56 Å². The van der Waals surface area contributed by atoms with Crippen LogP contribution in [0.5, 0.6) is 5.75 Å². The molecule has 0 saturated carbocycles. The molecule has 0 fully saturated rings. The number of hydrogen-bond acceptors (Lipinski definition) is 3. The van der Waals surface area contributed by atoms with Crippen LogP contribution in [0.25, 0.3) is 11.1 Å². The highest BCUT2D eigenvalue weighted by Crippen LogP contribution is 2.33. The highest BCUT2D eigenvalue weighted by atomic mass is 16.5. The molecule has 1 aromatic heterocycles.